The summed E-state index contributed by atoms with van der Waals surface area (Å²) in [4.78, 5) is 0. The summed E-state index contributed by atoms with van der Waals surface area (Å²) < 4.78 is 5.64. The first-order chi connectivity index (χ1) is 8.90. The molecular formula is C16H27NO2. The smallest absolute Gasteiger partial charge is 0.120 e. The Hall–Kier alpha value is -1.06. The monoisotopic (exact) mass is 265 g/mol. The van der Waals surface area contributed by atoms with Gasteiger partial charge in [-0.2, -0.15) is 0 Å². The minimum Gasteiger partial charge on any atom is -0.491 e. The van der Waals surface area contributed by atoms with Gasteiger partial charge in [-0.3, -0.25) is 0 Å². The molecular weight excluding hydrogens is 238 g/mol. The molecule has 0 heterocycles. The van der Waals surface area contributed by atoms with Crippen LogP contribution in [0.5, 0.6) is 5.75 Å². The molecule has 19 heavy (non-hydrogen) atoms. The zero-order valence-electron chi connectivity index (χ0n) is 12.7. The zero-order valence-corrected chi connectivity index (χ0v) is 12.7. The van der Waals surface area contributed by atoms with Crippen LogP contribution in [0.4, 0.5) is 0 Å². The van der Waals surface area contributed by atoms with Gasteiger partial charge in [-0.25, -0.2) is 0 Å². The quantitative estimate of drug-likeness (QED) is 0.796. The Kier molecular flexibility index (Phi) is 6.32. The fraction of sp³-hybridized carbons (Fsp3) is 0.625. The molecule has 108 valence electrons. The molecule has 0 bridgehead atoms. The summed E-state index contributed by atoms with van der Waals surface area (Å²) in [6.45, 7) is 11.0. The lowest BCUT2D eigenvalue weighted by Gasteiger charge is -2.20. The van der Waals surface area contributed by atoms with Crippen molar-refractivity contribution in [1.29, 1.82) is 0 Å². The first kappa shape index (κ1) is 16.0. The summed E-state index contributed by atoms with van der Waals surface area (Å²) in [5.74, 6) is 1.37. The summed E-state index contributed by atoms with van der Waals surface area (Å²) in [6, 6.07) is 8.07. The molecule has 2 atom stereocenters. The Bertz CT molecular complexity index is 377. The SMILES string of the molecule is CC(C)Oc1cccc(C(O)CNC(C)C(C)C)c1. The topological polar surface area (TPSA) is 41.5 Å². The average molecular weight is 265 g/mol. The van der Waals surface area contributed by atoms with Gasteiger partial charge in [0, 0.05) is 12.6 Å². The predicted molar refractivity (Wildman–Crippen MR) is 79.5 cm³/mol. The van der Waals surface area contributed by atoms with Crippen LogP contribution in [0, 0.1) is 5.92 Å². The first-order valence-electron chi connectivity index (χ1n) is 7.08. The molecule has 0 aliphatic rings. The van der Waals surface area contributed by atoms with E-state index in [0.29, 0.717) is 18.5 Å². The van der Waals surface area contributed by atoms with Gasteiger partial charge in [0.25, 0.3) is 0 Å². The minimum absolute atomic E-state index is 0.145. The van der Waals surface area contributed by atoms with E-state index in [0.717, 1.165) is 11.3 Å². The molecule has 0 aliphatic carbocycles. The van der Waals surface area contributed by atoms with Crippen molar-refractivity contribution in [3.05, 3.63) is 29.8 Å². The van der Waals surface area contributed by atoms with Crippen LogP contribution in [0.25, 0.3) is 0 Å². The van der Waals surface area contributed by atoms with Crippen molar-refractivity contribution in [2.24, 2.45) is 5.92 Å². The zero-order chi connectivity index (χ0) is 14.4. The number of hydrogen-bond donors (Lipinski definition) is 2. The third kappa shape index (κ3) is 5.62. The molecule has 0 saturated heterocycles. The van der Waals surface area contributed by atoms with Crippen LogP contribution in [0.3, 0.4) is 0 Å². The number of rotatable bonds is 7. The third-order valence-electron chi connectivity index (χ3n) is 3.25. The Morgan fingerprint density at radius 3 is 2.42 bits per heavy atom. The summed E-state index contributed by atoms with van der Waals surface area (Å²) >= 11 is 0. The normalized spacial score (nSPS) is 14.7. The third-order valence-corrected chi connectivity index (χ3v) is 3.25. The maximum atomic E-state index is 10.2. The summed E-state index contributed by atoms with van der Waals surface area (Å²) in [5.41, 5.74) is 0.890. The lowest BCUT2D eigenvalue weighted by atomic mass is 10.1. The van der Waals surface area contributed by atoms with Gasteiger partial charge in [-0.15, -0.1) is 0 Å². The van der Waals surface area contributed by atoms with E-state index >= 15 is 0 Å². The molecule has 0 amide bonds. The second-order valence-corrected chi connectivity index (χ2v) is 5.70. The molecule has 3 nitrogen and oxygen atoms in total. The van der Waals surface area contributed by atoms with Crippen LogP contribution in [0.2, 0.25) is 0 Å². The van der Waals surface area contributed by atoms with Gasteiger partial charge in [0.1, 0.15) is 5.75 Å². The van der Waals surface area contributed by atoms with E-state index < -0.39 is 6.10 Å². The maximum absolute atomic E-state index is 10.2. The van der Waals surface area contributed by atoms with E-state index in [1.54, 1.807) is 0 Å². The largest absolute Gasteiger partial charge is 0.491 e. The Balaban J connectivity index is 2.59. The highest BCUT2D eigenvalue weighted by Gasteiger charge is 2.12. The Labute approximate surface area is 117 Å². The number of benzene rings is 1. The molecule has 1 aromatic rings. The van der Waals surface area contributed by atoms with Crippen LogP contribution < -0.4 is 10.1 Å². The van der Waals surface area contributed by atoms with Crippen molar-refractivity contribution in [2.75, 3.05) is 6.54 Å². The van der Waals surface area contributed by atoms with Crippen molar-refractivity contribution >= 4 is 0 Å². The van der Waals surface area contributed by atoms with Crippen molar-refractivity contribution in [3.63, 3.8) is 0 Å². The lowest BCUT2D eigenvalue weighted by molar-refractivity contribution is 0.166. The second-order valence-electron chi connectivity index (χ2n) is 5.70. The van der Waals surface area contributed by atoms with E-state index in [4.69, 9.17) is 4.74 Å². The number of ether oxygens (including phenoxy) is 1. The van der Waals surface area contributed by atoms with Crippen molar-refractivity contribution < 1.29 is 9.84 Å². The van der Waals surface area contributed by atoms with Crippen molar-refractivity contribution in [3.8, 4) is 5.75 Å². The molecule has 2 N–H and O–H groups in total. The van der Waals surface area contributed by atoms with Gasteiger partial charge in [0.15, 0.2) is 0 Å². The highest BCUT2D eigenvalue weighted by molar-refractivity contribution is 5.30. The first-order valence-corrected chi connectivity index (χ1v) is 7.08. The summed E-state index contributed by atoms with van der Waals surface area (Å²) in [7, 11) is 0. The van der Waals surface area contributed by atoms with Crippen LogP contribution in [0.15, 0.2) is 24.3 Å². The van der Waals surface area contributed by atoms with Gasteiger partial charge in [-0.1, -0.05) is 26.0 Å². The molecule has 1 aromatic carbocycles. The van der Waals surface area contributed by atoms with Crippen LogP contribution in [-0.2, 0) is 0 Å². The summed E-state index contributed by atoms with van der Waals surface area (Å²) in [5, 5.41) is 13.5. The molecule has 0 spiro atoms. The van der Waals surface area contributed by atoms with Gasteiger partial charge in [0.2, 0.25) is 0 Å². The standard InChI is InChI=1S/C16H27NO2/c1-11(2)13(5)17-10-16(18)14-7-6-8-15(9-14)19-12(3)4/h6-9,11-13,16-18H,10H2,1-5H3. The highest BCUT2D eigenvalue weighted by Crippen LogP contribution is 2.20. The molecule has 0 radical (unpaired) electrons. The van der Waals surface area contributed by atoms with Crippen molar-refractivity contribution in [1.82, 2.24) is 5.32 Å². The number of nitrogens with one attached hydrogen (secondary N) is 1. The highest BCUT2D eigenvalue weighted by atomic mass is 16.5. The van der Waals surface area contributed by atoms with Crippen LogP contribution >= 0.6 is 0 Å². The Morgan fingerprint density at radius 2 is 1.84 bits per heavy atom. The second kappa shape index (κ2) is 7.51. The molecule has 0 fully saturated rings. The van der Waals surface area contributed by atoms with Crippen LogP contribution in [0.1, 0.15) is 46.3 Å². The predicted octanol–water partition coefficient (Wildman–Crippen LogP) is 3.14. The fourth-order valence-electron chi connectivity index (χ4n) is 1.72. The van der Waals surface area contributed by atoms with E-state index in [1.807, 2.05) is 38.1 Å². The molecule has 2 unspecified atom stereocenters. The molecule has 0 aromatic heterocycles. The van der Waals surface area contributed by atoms with E-state index in [-0.39, 0.29) is 6.10 Å². The molecule has 3 heteroatoms. The van der Waals surface area contributed by atoms with Crippen molar-refractivity contribution in [2.45, 2.75) is 52.9 Å². The maximum Gasteiger partial charge on any atom is 0.120 e. The number of aliphatic hydroxyl groups excluding tert-OH is 1. The van der Waals surface area contributed by atoms with Gasteiger partial charge < -0.3 is 15.2 Å². The molecule has 0 saturated carbocycles. The van der Waals surface area contributed by atoms with Gasteiger partial charge >= 0.3 is 0 Å². The van der Waals surface area contributed by atoms with E-state index in [9.17, 15) is 5.11 Å². The van der Waals surface area contributed by atoms with E-state index in [1.165, 1.54) is 0 Å². The summed E-state index contributed by atoms with van der Waals surface area (Å²) in [6.07, 6.45) is -0.358. The molecule has 1 rings (SSSR count). The van der Waals surface area contributed by atoms with E-state index in [2.05, 4.69) is 26.1 Å². The van der Waals surface area contributed by atoms with Gasteiger partial charge in [-0.05, 0) is 44.4 Å². The number of hydrogen-bond acceptors (Lipinski definition) is 3. The Morgan fingerprint density at radius 1 is 1.16 bits per heavy atom. The molecule has 0 aliphatic heterocycles. The minimum atomic E-state index is -0.503. The van der Waals surface area contributed by atoms with Gasteiger partial charge in [0.05, 0.1) is 12.2 Å². The average Bonchev–Trinajstić information content (AvgIpc) is 2.34. The lowest BCUT2D eigenvalue weighted by Crippen LogP contribution is -2.34. The fourth-order valence-corrected chi connectivity index (χ4v) is 1.72. The van der Waals surface area contributed by atoms with Crippen LogP contribution in [-0.4, -0.2) is 23.8 Å². The number of aliphatic hydroxyl groups is 1.